The topological polar surface area (TPSA) is 96.1 Å². The van der Waals surface area contributed by atoms with Gasteiger partial charge in [0, 0.05) is 57.2 Å². The number of aromatic nitrogens is 1. The maximum absolute atomic E-state index is 13.2. The highest BCUT2D eigenvalue weighted by Gasteiger charge is 2.28. The Bertz CT molecular complexity index is 1270. The molecule has 1 saturated heterocycles. The average Bonchev–Trinajstić information content (AvgIpc) is 3.47. The highest BCUT2D eigenvalue weighted by molar-refractivity contribution is 7.89. The van der Waals surface area contributed by atoms with Crippen LogP contribution in [0.3, 0.4) is 0 Å². The summed E-state index contributed by atoms with van der Waals surface area (Å²) in [6.07, 6.45) is 1.46. The molecule has 1 fully saturated rings. The molecule has 33 heavy (non-hydrogen) atoms. The first-order chi connectivity index (χ1) is 15.8. The highest BCUT2D eigenvalue weighted by Crippen LogP contribution is 2.25. The lowest BCUT2D eigenvalue weighted by atomic mass is 10.2. The molecule has 1 aliphatic rings. The van der Waals surface area contributed by atoms with E-state index in [1.807, 2.05) is 0 Å². The van der Waals surface area contributed by atoms with Crippen molar-refractivity contribution in [2.45, 2.75) is 18.7 Å². The summed E-state index contributed by atoms with van der Waals surface area (Å²) in [6.45, 7) is 6.06. The van der Waals surface area contributed by atoms with Gasteiger partial charge in [0.2, 0.25) is 10.0 Å². The summed E-state index contributed by atoms with van der Waals surface area (Å²) in [5.41, 5.74) is 1.26. The molecule has 2 amide bonds. The van der Waals surface area contributed by atoms with Crippen LogP contribution < -0.4 is 0 Å². The van der Waals surface area contributed by atoms with Crippen LogP contribution >= 0.6 is 0 Å². The Labute approximate surface area is 193 Å². The molecule has 1 aliphatic heterocycles. The molecule has 2 aromatic heterocycles. The average molecular weight is 473 g/mol. The molecule has 3 aromatic rings. The van der Waals surface area contributed by atoms with Gasteiger partial charge >= 0.3 is 0 Å². The number of benzene rings is 1. The van der Waals surface area contributed by atoms with Crippen molar-refractivity contribution < 1.29 is 22.4 Å². The third-order valence-electron chi connectivity index (χ3n) is 6.16. The second kappa shape index (κ2) is 9.03. The van der Waals surface area contributed by atoms with E-state index in [0.717, 1.165) is 5.52 Å². The number of carbonyl (C=O) groups is 2. The highest BCUT2D eigenvalue weighted by atomic mass is 32.2. The van der Waals surface area contributed by atoms with Crippen molar-refractivity contribution in [3.8, 4) is 0 Å². The summed E-state index contributed by atoms with van der Waals surface area (Å²) in [4.78, 5) is 29.3. The van der Waals surface area contributed by atoms with E-state index in [2.05, 4.69) is 0 Å². The minimum absolute atomic E-state index is 0.146. The molecule has 0 saturated carbocycles. The van der Waals surface area contributed by atoms with Crippen molar-refractivity contribution in [3.63, 3.8) is 0 Å². The predicted octanol–water partition coefficient (Wildman–Crippen LogP) is 2.40. The second-order valence-corrected chi connectivity index (χ2v) is 9.90. The Morgan fingerprint density at radius 1 is 0.970 bits per heavy atom. The molecule has 0 spiro atoms. The van der Waals surface area contributed by atoms with Gasteiger partial charge in [-0.1, -0.05) is 13.8 Å². The number of hydrogen-bond donors (Lipinski definition) is 0. The second-order valence-electron chi connectivity index (χ2n) is 7.96. The lowest BCUT2D eigenvalue weighted by Crippen LogP contribution is -2.50. The van der Waals surface area contributed by atoms with Gasteiger partial charge in [0.15, 0.2) is 5.76 Å². The van der Waals surface area contributed by atoms with E-state index < -0.39 is 10.0 Å². The van der Waals surface area contributed by atoms with Crippen LogP contribution in [-0.4, -0.2) is 78.2 Å². The Morgan fingerprint density at radius 3 is 2.18 bits per heavy atom. The van der Waals surface area contributed by atoms with Crippen molar-refractivity contribution >= 4 is 32.7 Å². The monoisotopic (exact) mass is 472 g/mol. The normalized spacial score (nSPS) is 14.9. The number of hydrogen-bond acceptors (Lipinski definition) is 5. The van der Waals surface area contributed by atoms with Crippen LogP contribution in [0.15, 0.2) is 52.0 Å². The van der Waals surface area contributed by atoms with Gasteiger partial charge in [-0.3, -0.25) is 9.59 Å². The number of aryl methyl sites for hydroxylation is 1. The first-order valence-electron chi connectivity index (χ1n) is 11.0. The molecule has 3 heterocycles. The maximum atomic E-state index is 13.2. The van der Waals surface area contributed by atoms with Crippen LogP contribution in [0, 0.1) is 0 Å². The molecule has 176 valence electrons. The van der Waals surface area contributed by atoms with Gasteiger partial charge in [0.05, 0.1) is 11.2 Å². The van der Waals surface area contributed by atoms with Crippen molar-refractivity contribution in [1.29, 1.82) is 0 Å². The van der Waals surface area contributed by atoms with E-state index in [0.29, 0.717) is 56.1 Å². The third-order valence-corrected chi connectivity index (χ3v) is 8.21. The van der Waals surface area contributed by atoms with Gasteiger partial charge < -0.3 is 18.8 Å². The van der Waals surface area contributed by atoms with Crippen molar-refractivity contribution in [2.24, 2.45) is 7.05 Å². The molecule has 4 rings (SSSR count). The van der Waals surface area contributed by atoms with E-state index in [-0.39, 0.29) is 16.7 Å². The Kier molecular flexibility index (Phi) is 6.31. The summed E-state index contributed by atoms with van der Waals surface area (Å²) in [5, 5.41) is 0.695. The summed E-state index contributed by atoms with van der Waals surface area (Å²) in [7, 11) is -1.79. The fourth-order valence-corrected chi connectivity index (χ4v) is 5.73. The van der Waals surface area contributed by atoms with Gasteiger partial charge in [-0.15, -0.1) is 0 Å². The first kappa shape index (κ1) is 23.1. The fraction of sp³-hybridized carbons (Fsp3) is 0.391. The lowest BCUT2D eigenvalue weighted by Gasteiger charge is -2.34. The third kappa shape index (κ3) is 4.16. The van der Waals surface area contributed by atoms with E-state index >= 15 is 0 Å². The first-order valence-corrected chi connectivity index (χ1v) is 12.4. The Morgan fingerprint density at radius 2 is 1.61 bits per heavy atom. The molecule has 1 aromatic carbocycles. The minimum atomic E-state index is -3.59. The van der Waals surface area contributed by atoms with E-state index in [1.165, 1.54) is 10.6 Å². The van der Waals surface area contributed by atoms with Gasteiger partial charge in [-0.2, -0.15) is 4.31 Å². The van der Waals surface area contributed by atoms with E-state index in [4.69, 9.17) is 4.42 Å². The molecule has 0 radical (unpaired) electrons. The van der Waals surface area contributed by atoms with E-state index in [9.17, 15) is 18.0 Å². The summed E-state index contributed by atoms with van der Waals surface area (Å²) >= 11 is 0. The van der Waals surface area contributed by atoms with Gasteiger partial charge in [-0.05, 0) is 36.4 Å². The van der Waals surface area contributed by atoms with Crippen LogP contribution in [0.2, 0.25) is 0 Å². The van der Waals surface area contributed by atoms with Crippen LogP contribution in [0.4, 0.5) is 0 Å². The SMILES string of the molecule is CCN(CC)S(=O)(=O)c1ccc2c(c1)cc(C(=O)N1CCN(C(=O)c3ccco3)CC1)n2C. The van der Waals surface area contributed by atoms with Gasteiger partial charge in [0.1, 0.15) is 5.69 Å². The molecule has 9 nitrogen and oxygen atoms in total. The van der Waals surface area contributed by atoms with Crippen molar-refractivity contribution in [3.05, 3.63) is 54.1 Å². The minimum Gasteiger partial charge on any atom is -0.459 e. The predicted molar refractivity (Wildman–Crippen MR) is 124 cm³/mol. The summed E-state index contributed by atoms with van der Waals surface area (Å²) in [5.74, 6) is -0.0375. The number of nitrogens with zero attached hydrogens (tertiary/aromatic N) is 4. The summed E-state index contributed by atoms with van der Waals surface area (Å²) < 4.78 is 34.2. The van der Waals surface area contributed by atoms with Crippen LogP contribution in [0.1, 0.15) is 34.9 Å². The van der Waals surface area contributed by atoms with Gasteiger partial charge in [-0.25, -0.2) is 8.42 Å². The standard InChI is InChI=1S/C23H28N4O5S/c1-4-27(5-2)33(30,31)18-8-9-19-17(15-18)16-20(24(19)3)22(28)25-10-12-26(13-11-25)23(29)21-7-6-14-32-21/h6-9,14-16H,4-5,10-13H2,1-3H3. The van der Waals surface area contributed by atoms with Crippen molar-refractivity contribution in [1.82, 2.24) is 18.7 Å². The molecule has 0 unspecified atom stereocenters. The van der Waals surface area contributed by atoms with E-state index in [1.54, 1.807) is 71.7 Å². The number of furan rings is 1. The van der Waals surface area contributed by atoms with Crippen LogP contribution in [-0.2, 0) is 17.1 Å². The Balaban J connectivity index is 1.53. The molecular formula is C23H28N4O5S. The number of rotatable bonds is 6. The Hall–Kier alpha value is -3.11. The smallest absolute Gasteiger partial charge is 0.289 e. The number of carbonyl (C=O) groups excluding carboxylic acids is 2. The van der Waals surface area contributed by atoms with Crippen molar-refractivity contribution in [2.75, 3.05) is 39.3 Å². The molecule has 10 heteroatoms. The number of amides is 2. The molecule has 0 aliphatic carbocycles. The lowest BCUT2D eigenvalue weighted by molar-refractivity contribution is 0.0513. The van der Waals surface area contributed by atoms with Gasteiger partial charge in [0.25, 0.3) is 11.8 Å². The zero-order valence-electron chi connectivity index (χ0n) is 19.0. The zero-order chi connectivity index (χ0) is 23.8. The largest absolute Gasteiger partial charge is 0.459 e. The molecule has 0 atom stereocenters. The number of piperazine rings is 1. The zero-order valence-corrected chi connectivity index (χ0v) is 19.8. The number of sulfonamides is 1. The molecular weight excluding hydrogens is 444 g/mol. The van der Waals surface area contributed by atoms with Crippen LogP contribution in [0.5, 0.6) is 0 Å². The quantitative estimate of drug-likeness (QED) is 0.549. The number of fused-ring (bicyclic) bond motifs is 1. The molecule has 0 N–H and O–H groups in total. The van der Waals surface area contributed by atoms with Crippen LogP contribution in [0.25, 0.3) is 10.9 Å². The molecule has 0 bridgehead atoms. The fourth-order valence-electron chi connectivity index (χ4n) is 4.24. The maximum Gasteiger partial charge on any atom is 0.289 e. The summed E-state index contributed by atoms with van der Waals surface area (Å²) in [6, 6.07) is 9.99.